The van der Waals surface area contributed by atoms with E-state index in [1.54, 1.807) is 0 Å². The first-order valence-corrected chi connectivity index (χ1v) is 7.68. The molecule has 1 atom stereocenters. The van der Waals surface area contributed by atoms with Crippen LogP contribution < -0.4 is 5.32 Å². The molecule has 0 aliphatic carbocycles. The maximum atomic E-state index is 3.76. The van der Waals surface area contributed by atoms with Gasteiger partial charge in [0.05, 0.1) is 0 Å². The van der Waals surface area contributed by atoms with E-state index in [2.05, 4.69) is 64.2 Å². The highest BCUT2D eigenvalue weighted by Gasteiger charge is 2.36. The lowest BCUT2D eigenvalue weighted by Crippen LogP contribution is -2.46. The lowest BCUT2D eigenvalue weighted by Gasteiger charge is -2.34. The van der Waals surface area contributed by atoms with Crippen molar-refractivity contribution in [2.24, 2.45) is 5.92 Å². The van der Waals surface area contributed by atoms with Gasteiger partial charge < -0.3 is 5.32 Å². The third-order valence-corrected chi connectivity index (χ3v) is 4.72. The molecular formula is C18H29N. The highest BCUT2D eigenvalue weighted by Crippen LogP contribution is 2.32. The molecule has 1 N–H and O–H groups in total. The van der Waals surface area contributed by atoms with Crippen molar-refractivity contribution in [1.82, 2.24) is 5.32 Å². The molecule has 2 rings (SSSR count). The van der Waals surface area contributed by atoms with Crippen LogP contribution in [0.2, 0.25) is 0 Å². The molecule has 1 saturated heterocycles. The predicted octanol–water partition coefficient (Wildman–Crippen LogP) is 4.30. The fourth-order valence-electron chi connectivity index (χ4n) is 3.16. The Labute approximate surface area is 118 Å². The third kappa shape index (κ3) is 3.20. The molecule has 1 heteroatoms. The molecule has 1 aliphatic heterocycles. The standard InChI is InChI=1S/C18H29N/c1-14(2)18(11-6-12-19-18)13-15-7-9-16(10-8-15)17(3,4)5/h7-10,14,19H,6,11-13H2,1-5H3. The van der Waals surface area contributed by atoms with Crippen molar-refractivity contribution in [1.29, 1.82) is 0 Å². The Morgan fingerprint density at radius 2 is 1.79 bits per heavy atom. The second-order valence-electron chi connectivity index (χ2n) is 7.46. The summed E-state index contributed by atoms with van der Waals surface area (Å²) in [5.74, 6) is 0.692. The van der Waals surface area contributed by atoms with Crippen LogP contribution in [0.5, 0.6) is 0 Å². The molecule has 106 valence electrons. The summed E-state index contributed by atoms with van der Waals surface area (Å²) >= 11 is 0. The zero-order valence-corrected chi connectivity index (χ0v) is 13.2. The fraction of sp³-hybridized carbons (Fsp3) is 0.667. The molecule has 1 fully saturated rings. The highest BCUT2D eigenvalue weighted by molar-refractivity contribution is 5.29. The summed E-state index contributed by atoms with van der Waals surface area (Å²) in [6.07, 6.45) is 3.79. The van der Waals surface area contributed by atoms with Gasteiger partial charge in [-0.15, -0.1) is 0 Å². The van der Waals surface area contributed by atoms with Gasteiger partial charge in [0.1, 0.15) is 0 Å². The molecule has 1 heterocycles. The first-order chi connectivity index (χ1) is 8.83. The molecule has 0 amide bonds. The second-order valence-corrected chi connectivity index (χ2v) is 7.46. The minimum atomic E-state index is 0.250. The number of nitrogens with one attached hydrogen (secondary N) is 1. The summed E-state index contributed by atoms with van der Waals surface area (Å²) in [6.45, 7) is 12.7. The molecule has 0 bridgehead atoms. The van der Waals surface area contributed by atoms with E-state index in [0.717, 1.165) is 6.42 Å². The van der Waals surface area contributed by atoms with E-state index in [9.17, 15) is 0 Å². The van der Waals surface area contributed by atoms with Crippen LogP contribution in [0.15, 0.2) is 24.3 Å². The lowest BCUT2D eigenvalue weighted by atomic mass is 9.79. The molecule has 1 nitrogen and oxygen atoms in total. The average Bonchev–Trinajstić information content (AvgIpc) is 2.78. The SMILES string of the molecule is CC(C)C1(Cc2ccc(C(C)(C)C)cc2)CCCN1. The Balaban J connectivity index is 2.15. The smallest absolute Gasteiger partial charge is 0.0245 e. The largest absolute Gasteiger partial charge is 0.311 e. The van der Waals surface area contributed by atoms with Crippen LogP contribution in [0.3, 0.4) is 0 Å². The van der Waals surface area contributed by atoms with Gasteiger partial charge in [0.25, 0.3) is 0 Å². The molecule has 1 unspecified atom stereocenters. The average molecular weight is 259 g/mol. The maximum absolute atomic E-state index is 3.76. The van der Waals surface area contributed by atoms with Crippen LogP contribution in [0.4, 0.5) is 0 Å². The predicted molar refractivity (Wildman–Crippen MR) is 83.7 cm³/mol. The van der Waals surface area contributed by atoms with Gasteiger partial charge in [-0.25, -0.2) is 0 Å². The molecule has 19 heavy (non-hydrogen) atoms. The Kier molecular flexibility index (Phi) is 4.06. The topological polar surface area (TPSA) is 12.0 Å². The third-order valence-electron chi connectivity index (χ3n) is 4.72. The van der Waals surface area contributed by atoms with Crippen LogP contribution in [0.25, 0.3) is 0 Å². The monoisotopic (exact) mass is 259 g/mol. The van der Waals surface area contributed by atoms with E-state index >= 15 is 0 Å². The Hall–Kier alpha value is -0.820. The summed E-state index contributed by atoms with van der Waals surface area (Å²) in [6, 6.07) is 9.26. The lowest BCUT2D eigenvalue weighted by molar-refractivity contribution is 0.269. The van der Waals surface area contributed by atoms with Gasteiger partial charge in [-0.3, -0.25) is 0 Å². The van der Waals surface area contributed by atoms with Gasteiger partial charge in [0.2, 0.25) is 0 Å². The van der Waals surface area contributed by atoms with Gasteiger partial charge in [-0.1, -0.05) is 58.9 Å². The number of rotatable bonds is 3. The quantitative estimate of drug-likeness (QED) is 0.853. The van der Waals surface area contributed by atoms with E-state index in [0.29, 0.717) is 11.5 Å². The molecule has 0 saturated carbocycles. The van der Waals surface area contributed by atoms with Crippen LogP contribution in [-0.2, 0) is 11.8 Å². The first-order valence-electron chi connectivity index (χ1n) is 7.68. The minimum Gasteiger partial charge on any atom is -0.311 e. The minimum absolute atomic E-state index is 0.250. The van der Waals surface area contributed by atoms with Crippen LogP contribution in [0.1, 0.15) is 58.6 Å². The molecule has 0 radical (unpaired) electrons. The van der Waals surface area contributed by atoms with Crippen molar-refractivity contribution in [3.8, 4) is 0 Å². The summed E-state index contributed by atoms with van der Waals surface area (Å²) in [7, 11) is 0. The van der Waals surface area contributed by atoms with Gasteiger partial charge in [0.15, 0.2) is 0 Å². The molecule has 0 aromatic heterocycles. The van der Waals surface area contributed by atoms with Crippen molar-refractivity contribution in [2.45, 2.75) is 64.8 Å². The number of benzene rings is 1. The van der Waals surface area contributed by atoms with E-state index in [4.69, 9.17) is 0 Å². The molecule has 1 aliphatic rings. The summed E-state index contributed by atoms with van der Waals surface area (Å²) in [5, 5.41) is 3.76. The zero-order chi connectivity index (χ0) is 14.1. The van der Waals surface area contributed by atoms with E-state index in [1.807, 2.05) is 0 Å². The highest BCUT2D eigenvalue weighted by atomic mass is 15.0. The van der Waals surface area contributed by atoms with E-state index in [-0.39, 0.29) is 5.41 Å². The van der Waals surface area contributed by atoms with Crippen LogP contribution in [0, 0.1) is 5.92 Å². The van der Waals surface area contributed by atoms with Gasteiger partial charge in [-0.05, 0) is 48.3 Å². The van der Waals surface area contributed by atoms with Crippen molar-refractivity contribution >= 4 is 0 Å². The first kappa shape index (κ1) is 14.6. The van der Waals surface area contributed by atoms with Crippen molar-refractivity contribution in [3.05, 3.63) is 35.4 Å². The number of hydrogen-bond donors (Lipinski definition) is 1. The van der Waals surface area contributed by atoms with E-state index < -0.39 is 0 Å². The summed E-state index contributed by atoms with van der Waals surface area (Å²) in [5.41, 5.74) is 3.47. The van der Waals surface area contributed by atoms with Crippen molar-refractivity contribution < 1.29 is 0 Å². The molecular weight excluding hydrogens is 230 g/mol. The van der Waals surface area contributed by atoms with E-state index in [1.165, 1.54) is 30.5 Å². The fourth-order valence-corrected chi connectivity index (χ4v) is 3.16. The molecule has 1 aromatic rings. The Bertz CT molecular complexity index is 402. The van der Waals surface area contributed by atoms with Crippen molar-refractivity contribution in [3.63, 3.8) is 0 Å². The second kappa shape index (κ2) is 5.28. The van der Waals surface area contributed by atoms with Gasteiger partial charge >= 0.3 is 0 Å². The Morgan fingerprint density at radius 1 is 1.16 bits per heavy atom. The molecule has 0 spiro atoms. The van der Waals surface area contributed by atoms with Gasteiger partial charge in [-0.2, -0.15) is 0 Å². The van der Waals surface area contributed by atoms with Crippen LogP contribution in [-0.4, -0.2) is 12.1 Å². The normalized spacial score (nSPS) is 24.1. The molecule has 1 aromatic carbocycles. The van der Waals surface area contributed by atoms with Crippen molar-refractivity contribution in [2.75, 3.05) is 6.54 Å². The summed E-state index contributed by atoms with van der Waals surface area (Å²) in [4.78, 5) is 0. The summed E-state index contributed by atoms with van der Waals surface area (Å²) < 4.78 is 0. The van der Waals surface area contributed by atoms with Crippen LogP contribution >= 0.6 is 0 Å². The number of hydrogen-bond acceptors (Lipinski definition) is 1. The maximum Gasteiger partial charge on any atom is 0.0245 e. The Morgan fingerprint density at radius 3 is 2.21 bits per heavy atom. The zero-order valence-electron chi connectivity index (χ0n) is 13.2. The van der Waals surface area contributed by atoms with Gasteiger partial charge in [0, 0.05) is 5.54 Å².